The molecule has 0 radical (unpaired) electrons. The lowest BCUT2D eigenvalue weighted by atomic mass is 9.78. The first-order chi connectivity index (χ1) is 33.6. The lowest BCUT2D eigenvalue weighted by Gasteiger charge is -2.36. The van der Waals surface area contributed by atoms with Gasteiger partial charge in [-0.25, -0.2) is 8.78 Å². The van der Waals surface area contributed by atoms with Crippen molar-refractivity contribution in [3.8, 4) is 23.1 Å². The number of benzene rings is 4. The van der Waals surface area contributed by atoms with Crippen molar-refractivity contribution < 1.29 is 57.9 Å². The maximum Gasteiger partial charge on any atom is 0.305 e. The summed E-state index contributed by atoms with van der Waals surface area (Å²) in [7, 11) is 0. The van der Waals surface area contributed by atoms with Crippen LogP contribution in [0.15, 0.2) is 109 Å². The van der Waals surface area contributed by atoms with Gasteiger partial charge in [-0.05, 0) is 85.0 Å². The number of para-hydroxylation sites is 2. The highest BCUT2D eigenvalue weighted by molar-refractivity contribution is 5.94. The van der Waals surface area contributed by atoms with E-state index in [4.69, 9.17) is 9.47 Å². The van der Waals surface area contributed by atoms with Crippen LogP contribution in [0.5, 0.6) is 11.8 Å². The second-order valence-electron chi connectivity index (χ2n) is 20.0. The minimum Gasteiger partial charge on any atom is -0.481 e. The molecule has 4 aromatic carbocycles. The Bertz CT molecular complexity index is 2690. The Balaban J connectivity index is 0.000000267. The zero-order valence-electron chi connectivity index (χ0n) is 42.2. The highest BCUT2D eigenvalue weighted by Gasteiger charge is 2.38. The van der Waals surface area contributed by atoms with E-state index in [2.05, 4.69) is 20.8 Å². The molecule has 2 aromatic heterocycles. The number of nitrogens with one attached hydrogen (secondary N) is 2. The molecule has 16 nitrogen and oxygen atoms in total. The number of aliphatic hydroxyl groups is 2. The summed E-state index contributed by atoms with van der Waals surface area (Å²) in [4.78, 5) is 49.4. The number of carboxylic acids is 2. The van der Waals surface area contributed by atoms with Gasteiger partial charge in [0.05, 0.1) is 24.9 Å². The summed E-state index contributed by atoms with van der Waals surface area (Å²) in [6, 6.07) is 27.2. The fourth-order valence-corrected chi connectivity index (χ4v) is 6.86. The molecule has 0 saturated heterocycles. The van der Waals surface area contributed by atoms with Crippen molar-refractivity contribution in [2.24, 2.45) is 10.8 Å². The largest absolute Gasteiger partial charge is 0.481 e. The van der Waals surface area contributed by atoms with E-state index >= 15 is 0 Å². The van der Waals surface area contributed by atoms with Crippen molar-refractivity contribution in [2.75, 3.05) is 13.2 Å². The number of hydrogen-bond donors (Lipinski definition) is 6. The van der Waals surface area contributed by atoms with Gasteiger partial charge in [-0.1, -0.05) is 114 Å². The third kappa shape index (κ3) is 13.9. The van der Waals surface area contributed by atoms with E-state index in [1.165, 1.54) is 48.5 Å². The molecule has 2 amide bonds. The summed E-state index contributed by atoms with van der Waals surface area (Å²) < 4.78 is 43.2. The normalized spacial score (nSPS) is 14.1. The molecule has 0 aliphatic heterocycles. The first-order valence-electron chi connectivity index (χ1n) is 23.2. The zero-order valence-corrected chi connectivity index (χ0v) is 42.2. The molecule has 0 bridgehead atoms. The van der Waals surface area contributed by atoms with Gasteiger partial charge in [-0.15, -0.1) is 0 Å². The fraction of sp³-hybridized carbons (Fsp3) is 0.370. The fourth-order valence-electron chi connectivity index (χ4n) is 6.86. The Kier molecular flexibility index (Phi) is 17.5. The molecule has 384 valence electrons. The Morgan fingerprint density at radius 1 is 0.556 bits per heavy atom. The maximum atomic E-state index is 14.6. The highest BCUT2D eigenvalue weighted by atomic mass is 19.1. The quantitative estimate of drug-likeness (QED) is 0.0475. The number of carboxylic acid groups (broad SMARTS) is 2. The molecule has 0 aliphatic rings. The molecule has 6 N–H and O–H groups in total. The molecule has 18 heteroatoms. The third-order valence-electron chi connectivity index (χ3n) is 12.7. The van der Waals surface area contributed by atoms with Gasteiger partial charge in [0.15, 0.2) is 11.4 Å². The van der Waals surface area contributed by atoms with Crippen LogP contribution in [0, 0.1) is 36.3 Å². The zero-order chi connectivity index (χ0) is 53.3. The molecule has 6 rings (SSSR count). The Labute approximate surface area is 417 Å². The number of hydrogen-bond acceptors (Lipinski definition) is 10. The van der Waals surface area contributed by atoms with E-state index in [1.807, 2.05) is 79.7 Å². The van der Waals surface area contributed by atoms with Gasteiger partial charge in [0, 0.05) is 12.1 Å². The average Bonchev–Trinajstić information content (AvgIpc) is 3.92. The SMILES string of the molecule is Cc1ccccc1[C@H](CC(=O)O)NC(=O)c1cc(OC[C@@](C)(O)C(C)(C)C)n(-c2ccccc2F)n1.Cc1ccccc1[C@H](CC(=O)O)NC(=O)c1cc(OC[C@](C)(O)C(C)(C)C)n(-c2ccccc2F)n1. The lowest BCUT2D eigenvalue weighted by Crippen LogP contribution is -2.45. The van der Waals surface area contributed by atoms with E-state index in [0.29, 0.717) is 11.1 Å². The summed E-state index contributed by atoms with van der Waals surface area (Å²) in [5.41, 5.74) is -0.593. The van der Waals surface area contributed by atoms with Crippen LogP contribution in [0.4, 0.5) is 8.78 Å². The minimum atomic E-state index is -1.24. The molecule has 6 aromatic rings. The standard InChI is InChI=1S/2C27H32FN3O5/c2*1-17-10-6-7-11-18(17)20(15-24(32)33)29-25(34)21-14-23(36-16-27(5,35)26(2,3)4)31(30-21)22-13-9-8-12-19(22)28/h2*6-14,20,35H,15-16H2,1-5H3,(H,29,34)(H,32,33)/t20-,27+;20-,27-/m00/s1. The van der Waals surface area contributed by atoms with Gasteiger partial charge in [0.25, 0.3) is 11.8 Å². The van der Waals surface area contributed by atoms with Crippen molar-refractivity contribution in [3.05, 3.63) is 154 Å². The Morgan fingerprint density at radius 2 is 0.875 bits per heavy atom. The van der Waals surface area contributed by atoms with Crippen molar-refractivity contribution >= 4 is 23.8 Å². The predicted octanol–water partition coefficient (Wildman–Crippen LogP) is 8.88. The smallest absolute Gasteiger partial charge is 0.305 e. The monoisotopic (exact) mass is 994 g/mol. The van der Waals surface area contributed by atoms with E-state index in [9.17, 15) is 48.4 Å². The summed E-state index contributed by atoms with van der Waals surface area (Å²) in [5, 5.41) is 54.5. The van der Waals surface area contributed by atoms with Crippen molar-refractivity contribution in [3.63, 3.8) is 0 Å². The maximum absolute atomic E-state index is 14.6. The Morgan fingerprint density at radius 3 is 1.18 bits per heavy atom. The van der Waals surface area contributed by atoms with Gasteiger partial charge in [0.1, 0.15) is 47.4 Å². The van der Waals surface area contributed by atoms with Crippen LogP contribution in [0.1, 0.15) is 124 Å². The number of carbonyl (C=O) groups is 4. The molecule has 0 spiro atoms. The molecule has 0 fully saturated rings. The molecule has 2 heterocycles. The average molecular weight is 995 g/mol. The first kappa shape index (κ1) is 55.5. The minimum absolute atomic E-state index is 0.0560. The number of halogens is 2. The summed E-state index contributed by atoms with van der Waals surface area (Å²) in [5.74, 6) is -4.49. The topological polar surface area (TPSA) is 227 Å². The summed E-state index contributed by atoms with van der Waals surface area (Å²) in [6.45, 7) is 17.8. The van der Waals surface area contributed by atoms with Crippen LogP contribution in [0.3, 0.4) is 0 Å². The molecular formula is C54H64F2N6O10. The van der Waals surface area contributed by atoms with Gasteiger partial charge in [-0.2, -0.15) is 19.6 Å². The van der Waals surface area contributed by atoms with E-state index in [0.717, 1.165) is 20.5 Å². The second-order valence-corrected chi connectivity index (χ2v) is 20.0. The Hall–Kier alpha value is -7.44. The summed E-state index contributed by atoms with van der Waals surface area (Å²) in [6.07, 6.45) is -0.662. The van der Waals surface area contributed by atoms with Crippen LogP contribution in [0.2, 0.25) is 0 Å². The highest BCUT2D eigenvalue weighted by Crippen LogP contribution is 2.34. The third-order valence-corrected chi connectivity index (χ3v) is 12.7. The number of carbonyl (C=O) groups excluding carboxylic acids is 2. The summed E-state index contributed by atoms with van der Waals surface area (Å²) >= 11 is 0. The lowest BCUT2D eigenvalue weighted by molar-refractivity contribution is -0.138. The van der Waals surface area contributed by atoms with E-state index < -0.39 is 69.5 Å². The van der Waals surface area contributed by atoms with E-state index in [1.54, 1.807) is 50.2 Å². The van der Waals surface area contributed by atoms with Gasteiger partial charge < -0.3 is 40.5 Å². The molecule has 4 atom stereocenters. The van der Waals surface area contributed by atoms with Crippen LogP contribution in [0.25, 0.3) is 11.4 Å². The number of nitrogens with zero attached hydrogens (tertiary/aromatic N) is 4. The number of ether oxygens (including phenoxy) is 2. The second kappa shape index (κ2) is 22.8. The van der Waals surface area contributed by atoms with Crippen molar-refractivity contribution in [2.45, 2.75) is 105 Å². The number of aliphatic carboxylic acids is 2. The van der Waals surface area contributed by atoms with Gasteiger partial charge in [-0.3, -0.25) is 19.2 Å². The van der Waals surface area contributed by atoms with Gasteiger partial charge >= 0.3 is 11.9 Å². The number of rotatable bonds is 18. The van der Waals surface area contributed by atoms with Gasteiger partial charge in [0.2, 0.25) is 11.8 Å². The molecule has 0 aliphatic carbocycles. The molecule has 72 heavy (non-hydrogen) atoms. The molecule has 0 saturated carbocycles. The van der Waals surface area contributed by atoms with Crippen molar-refractivity contribution in [1.29, 1.82) is 0 Å². The number of amides is 2. The van der Waals surface area contributed by atoms with Crippen LogP contribution in [-0.2, 0) is 9.59 Å². The molecule has 0 unspecified atom stereocenters. The van der Waals surface area contributed by atoms with Crippen LogP contribution in [-0.4, -0.2) is 88.2 Å². The number of aromatic nitrogens is 4. The van der Waals surface area contributed by atoms with Crippen molar-refractivity contribution in [1.82, 2.24) is 30.2 Å². The predicted molar refractivity (Wildman–Crippen MR) is 265 cm³/mol. The first-order valence-corrected chi connectivity index (χ1v) is 23.2. The van der Waals surface area contributed by atoms with Crippen LogP contribution >= 0.6 is 0 Å². The number of aryl methyl sites for hydroxylation is 2. The molecular weight excluding hydrogens is 931 g/mol. The van der Waals surface area contributed by atoms with Crippen LogP contribution < -0.4 is 20.1 Å². The van der Waals surface area contributed by atoms with E-state index in [-0.39, 0.29) is 60.6 Å².